The van der Waals surface area contributed by atoms with Gasteiger partial charge in [0, 0.05) is 17.1 Å². The molecule has 0 aliphatic heterocycles. The number of pyridine rings is 2. The molecule has 0 radical (unpaired) electrons. The minimum Gasteiger partial charge on any atom is -0.339 e. The van der Waals surface area contributed by atoms with Crippen LogP contribution in [0.15, 0.2) is 53.7 Å². The van der Waals surface area contributed by atoms with Gasteiger partial charge in [-0.3, -0.25) is 0 Å². The zero-order chi connectivity index (χ0) is 16.4. The lowest BCUT2D eigenvalue weighted by molar-refractivity contribution is -0.0329. The molecule has 0 bridgehead atoms. The number of benzene rings is 1. The number of alkyl halides is 3. The minimum absolute atomic E-state index is 0.113. The Morgan fingerprint density at radius 3 is 2.57 bits per heavy atom. The third kappa shape index (κ3) is 4.05. The Kier molecular flexibility index (Phi) is 4.32. The number of aromatic nitrogens is 2. The fourth-order valence-electron chi connectivity index (χ4n) is 1.96. The van der Waals surface area contributed by atoms with Crippen LogP contribution in [0.4, 0.5) is 24.7 Å². The van der Waals surface area contributed by atoms with E-state index in [2.05, 4.69) is 15.3 Å². The van der Waals surface area contributed by atoms with E-state index >= 15 is 0 Å². The van der Waals surface area contributed by atoms with Gasteiger partial charge in [-0.1, -0.05) is 23.7 Å². The molecule has 23 heavy (non-hydrogen) atoms. The first-order valence-electron chi connectivity index (χ1n) is 6.45. The van der Waals surface area contributed by atoms with Gasteiger partial charge in [0.1, 0.15) is 10.8 Å². The second-order valence-electron chi connectivity index (χ2n) is 4.57. The first-order chi connectivity index (χ1) is 10.9. The van der Waals surface area contributed by atoms with E-state index in [1.807, 2.05) is 18.2 Å². The summed E-state index contributed by atoms with van der Waals surface area (Å²) >= 11 is 5.85. The third-order valence-corrected chi connectivity index (χ3v) is 3.89. The summed E-state index contributed by atoms with van der Waals surface area (Å²) in [5.74, 6) is 0.531. The molecular formula is C15H9ClF3N3S. The molecule has 8 heteroatoms. The SMILES string of the molecule is FC(F)(F)Sc1ccc(Nc2ccc3cccc(Cl)c3n2)cn1. The van der Waals surface area contributed by atoms with E-state index in [1.165, 1.54) is 18.3 Å². The Morgan fingerprint density at radius 1 is 1.04 bits per heavy atom. The van der Waals surface area contributed by atoms with Crippen molar-refractivity contribution in [1.29, 1.82) is 0 Å². The van der Waals surface area contributed by atoms with E-state index in [0.717, 1.165) is 5.39 Å². The van der Waals surface area contributed by atoms with Crippen molar-refractivity contribution in [3.63, 3.8) is 0 Å². The van der Waals surface area contributed by atoms with Crippen molar-refractivity contribution in [3.05, 3.63) is 53.7 Å². The standard InChI is InChI=1S/C15H9ClF3N3S/c16-11-3-1-2-9-4-6-12(22-14(9)11)21-10-5-7-13(20-8-10)23-15(17,18)19/h1-8H,(H,21,22). The van der Waals surface area contributed by atoms with Crippen LogP contribution >= 0.6 is 23.4 Å². The second kappa shape index (κ2) is 6.25. The molecular weight excluding hydrogens is 347 g/mol. The molecule has 118 valence electrons. The van der Waals surface area contributed by atoms with Gasteiger partial charge in [-0.15, -0.1) is 0 Å². The van der Waals surface area contributed by atoms with Crippen LogP contribution in [0.3, 0.4) is 0 Å². The number of thioether (sulfide) groups is 1. The van der Waals surface area contributed by atoms with Gasteiger partial charge in [0.2, 0.25) is 0 Å². The molecule has 2 heterocycles. The van der Waals surface area contributed by atoms with Gasteiger partial charge in [-0.25, -0.2) is 9.97 Å². The van der Waals surface area contributed by atoms with Crippen LogP contribution in [-0.2, 0) is 0 Å². The number of nitrogens with one attached hydrogen (secondary N) is 1. The molecule has 3 rings (SSSR count). The second-order valence-corrected chi connectivity index (χ2v) is 6.06. The number of hydrogen-bond donors (Lipinski definition) is 1. The van der Waals surface area contributed by atoms with E-state index in [0.29, 0.717) is 22.0 Å². The quantitative estimate of drug-likeness (QED) is 0.617. The molecule has 0 aliphatic carbocycles. The van der Waals surface area contributed by atoms with E-state index in [4.69, 9.17) is 11.6 Å². The van der Waals surface area contributed by atoms with Gasteiger partial charge in [0.05, 0.1) is 22.4 Å². The topological polar surface area (TPSA) is 37.8 Å². The van der Waals surface area contributed by atoms with Crippen LogP contribution in [0.5, 0.6) is 0 Å². The Morgan fingerprint density at radius 2 is 1.87 bits per heavy atom. The summed E-state index contributed by atoms with van der Waals surface area (Å²) in [6.07, 6.45) is 1.33. The monoisotopic (exact) mass is 355 g/mol. The van der Waals surface area contributed by atoms with Crippen LogP contribution < -0.4 is 5.32 Å². The van der Waals surface area contributed by atoms with Gasteiger partial charge in [0.15, 0.2) is 0 Å². The van der Waals surface area contributed by atoms with Crippen LogP contribution in [-0.4, -0.2) is 15.5 Å². The average Bonchev–Trinajstić information content (AvgIpc) is 2.49. The predicted octanol–water partition coefficient (Wildman–Crippen LogP) is 5.64. The lowest BCUT2D eigenvalue weighted by Gasteiger charge is -2.08. The van der Waals surface area contributed by atoms with Crippen molar-refractivity contribution in [3.8, 4) is 0 Å². The van der Waals surface area contributed by atoms with E-state index < -0.39 is 5.51 Å². The van der Waals surface area contributed by atoms with E-state index in [9.17, 15) is 13.2 Å². The Balaban J connectivity index is 1.80. The normalized spacial score (nSPS) is 11.7. The smallest absolute Gasteiger partial charge is 0.339 e. The molecule has 2 aromatic heterocycles. The molecule has 0 spiro atoms. The van der Waals surface area contributed by atoms with Crippen molar-refractivity contribution in [1.82, 2.24) is 9.97 Å². The van der Waals surface area contributed by atoms with Crippen molar-refractivity contribution >= 4 is 45.8 Å². The molecule has 0 unspecified atom stereocenters. The summed E-state index contributed by atoms with van der Waals surface area (Å²) in [5.41, 5.74) is -3.16. The maximum absolute atomic E-state index is 12.3. The summed E-state index contributed by atoms with van der Waals surface area (Å²) in [6, 6.07) is 11.9. The molecule has 3 aromatic rings. The van der Waals surface area contributed by atoms with E-state index in [1.54, 1.807) is 12.1 Å². The molecule has 3 nitrogen and oxygen atoms in total. The lowest BCUT2D eigenvalue weighted by Crippen LogP contribution is -2.00. The molecule has 1 aromatic carbocycles. The highest BCUT2D eigenvalue weighted by Crippen LogP contribution is 2.36. The third-order valence-electron chi connectivity index (χ3n) is 2.90. The molecule has 0 fully saturated rings. The molecule has 1 N–H and O–H groups in total. The first-order valence-corrected chi connectivity index (χ1v) is 7.64. The molecule has 0 atom stereocenters. The minimum atomic E-state index is -4.35. The van der Waals surface area contributed by atoms with Gasteiger partial charge >= 0.3 is 5.51 Å². The maximum atomic E-state index is 12.3. The summed E-state index contributed by atoms with van der Waals surface area (Å²) in [6.45, 7) is 0. The number of fused-ring (bicyclic) bond motifs is 1. The van der Waals surface area contributed by atoms with Gasteiger partial charge in [0.25, 0.3) is 0 Å². The summed E-state index contributed by atoms with van der Waals surface area (Å²) in [5, 5.41) is 4.31. The summed E-state index contributed by atoms with van der Waals surface area (Å²) < 4.78 is 36.8. The number of anilines is 2. The molecule has 0 saturated heterocycles. The summed E-state index contributed by atoms with van der Waals surface area (Å²) in [7, 11) is 0. The Hall–Kier alpha value is -1.99. The zero-order valence-electron chi connectivity index (χ0n) is 11.4. The lowest BCUT2D eigenvalue weighted by atomic mass is 10.2. The van der Waals surface area contributed by atoms with Crippen molar-refractivity contribution in [2.24, 2.45) is 0 Å². The number of nitrogens with zero attached hydrogens (tertiary/aromatic N) is 2. The Labute approximate surface area is 138 Å². The largest absolute Gasteiger partial charge is 0.447 e. The van der Waals surface area contributed by atoms with Gasteiger partial charge in [-0.05, 0) is 30.3 Å². The number of rotatable bonds is 3. The Bertz CT molecular complexity index is 837. The highest BCUT2D eigenvalue weighted by atomic mass is 35.5. The van der Waals surface area contributed by atoms with Crippen molar-refractivity contribution in [2.45, 2.75) is 10.5 Å². The van der Waals surface area contributed by atoms with E-state index in [-0.39, 0.29) is 16.8 Å². The first kappa shape index (κ1) is 15.9. The predicted molar refractivity (Wildman–Crippen MR) is 86.2 cm³/mol. The highest BCUT2D eigenvalue weighted by Gasteiger charge is 2.29. The van der Waals surface area contributed by atoms with Crippen molar-refractivity contribution in [2.75, 3.05) is 5.32 Å². The number of para-hydroxylation sites is 1. The molecule has 0 aliphatic rings. The fraction of sp³-hybridized carbons (Fsp3) is 0.0667. The zero-order valence-corrected chi connectivity index (χ0v) is 13.0. The van der Waals surface area contributed by atoms with Crippen LogP contribution in [0.2, 0.25) is 5.02 Å². The van der Waals surface area contributed by atoms with Crippen LogP contribution in [0, 0.1) is 0 Å². The van der Waals surface area contributed by atoms with Crippen LogP contribution in [0.1, 0.15) is 0 Å². The molecule has 0 saturated carbocycles. The molecule has 0 amide bonds. The van der Waals surface area contributed by atoms with Gasteiger partial charge in [-0.2, -0.15) is 13.2 Å². The fourth-order valence-corrected chi connectivity index (χ4v) is 2.66. The maximum Gasteiger partial charge on any atom is 0.447 e. The summed E-state index contributed by atoms with van der Waals surface area (Å²) in [4.78, 5) is 8.16. The average molecular weight is 356 g/mol. The van der Waals surface area contributed by atoms with Gasteiger partial charge < -0.3 is 5.32 Å². The highest BCUT2D eigenvalue weighted by molar-refractivity contribution is 8.00. The number of halogens is 4. The van der Waals surface area contributed by atoms with Crippen LogP contribution in [0.25, 0.3) is 10.9 Å². The van der Waals surface area contributed by atoms with Crippen molar-refractivity contribution < 1.29 is 13.2 Å². The number of hydrogen-bond acceptors (Lipinski definition) is 4.